The average molecular weight is 503 g/mol. The van der Waals surface area contributed by atoms with E-state index in [4.69, 9.17) is 62.7 Å². The van der Waals surface area contributed by atoms with Crippen LogP contribution in [0.1, 0.15) is 21.5 Å². The smallest absolute Gasteiger partial charge is 0.271 e. The first-order chi connectivity index (χ1) is 14.3. The van der Waals surface area contributed by atoms with Crippen molar-refractivity contribution in [2.45, 2.75) is 6.61 Å². The average Bonchev–Trinajstić information content (AvgIpc) is 2.70. The number of halogens is 5. The molecule has 0 atom stereocenters. The van der Waals surface area contributed by atoms with E-state index in [2.05, 4.69) is 10.5 Å². The van der Waals surface area contributed by atoms with Gasteiger partial charge in [0.2, 0.25) is 0 Å². The van der Waals surface area contributed by atoms with Gasteiger partial charge in [0, 0.05) is 10.6 Å². The molecule has 0 aliphatic carbocycles. The van der Waals surface area contributed by atoms with E-state index in [1.807, 2.05) is 0 Å². The summed E-state index contributed by atoms with van der Waals surface area (Å²) >= 11 is 30.3. The van der Waals surface area contributed by atoms with Crippen molar-refractivity contribution in [3.63, 3.8) is 0 Å². The third-order valence-electron chi connectivity index (χ3n) is 3.87. The van der Waals surface area contributed by atoms with E-state index in [1.54, 1.807) is 54.6 Å². The van der Waals surface area contributed by atoms with Gasteiger partial charge in [0.05, 0.1) is 26.3 Å². The van der Waals surface area contributed by atoms with Gasteiger partial charge < -0.3 is 4.74 Å². The van der Waals surface area contributed by atoms with Crippen LogP contribution in [0.25, 0.3) is 0 Å². The first-order valence-electron chi connectivity index (χ1n) is 8.48. The molecule has 0 unspecified atom stereocenters. The summed E-state index contributed by atoms with van der Waals surface area (Å²) in [5, 5.41) is 5.96. The molecule has 0 aromatic heterocycles. The fraction of sp³-hybridized carbons (Fsp3) is 0.0476. The van der Waals surface area contributed by atoms with Crippen LogP contribution in [0, 0.1) is 0 Å². The summed E-state index contributed by atoms with van der Waals surface area (Å²) in [7, 11) is 0. The first kappa shape index (κ1) is 22.7. The van der Waals surface area contributed by atoms with E-state index < -0.39 is 0 Å². The molecule has 0 aliphatic heterocycles. The molecule has 0 aliphatic rings. The predicted molar refractivity (Wildman–Crippen MR) is 124 cm³/mol. The van der Waals surface area contributed by atoms with E-state index in [0.29, 0.717) is 42.0 Å². The second-order valence-corrected chi connectivity index (χ2v) is 8.12. The molecule has 3 aromatic carbocycles. The van der Waals surface area contributed by atoms with Gasteiger partial charge in [0.25, 0.3) is 5.91 Å². The van der Waals surface area contributed by atoms with Crippen LogP contribution in [0.4, 0.5) is 0 Å². The fourth-order valence-electron chi connectivity index (χ4n) is 2.41. The number of rotatable bonds is 6. The lowest BCUT2D eigenvalue weighted by molar-refractivity contribution is 0.0955. The number of hydrogen-bond donors (Lipinski definition) is 1. The second-order valence-electron chi connectivity index (χ2n) is 6.06. The molecule has 30 heavy (non-hydrogen) atoms. The first-order valence-corrected chi connectivity index (χ1v) is 10.4. The Bertz CT molecular complexity index is 1080. The third-order valence-corrected chi connectivity index (χ3v) is 5.43. The van der Waals surface area contributed by atoms with Gasteiger partial charge >= 0.3 is 0 Å². The molecule has 0 saturated heterocycles. The van der Waals surface area contributed by atoms with Gasteiger partial charge in [0.1, 0.15) is 6.61 Å². The zero-order valence-corrected chi connectivity index (χ0v) is 18.9. The number of carbonyl (C=O) groups is 1. The van der Waals surface area contributed by atoms with E-state index in [-0.39, 0.29) is 12.5 Å². The lowest BCUT2D eigenvalue weighted by Gasteiger charge is -2.11. The van der Waals surface area contributed by atoms with E-state index in [1.165, 1.54) is 6.21 Å². The Balaban J connectivity index is 1.64. The van der Waals surface area contributed by atoms with Crippen LogP contribution in [0.2, 0.25) is 25.1 Å². The summed E-state index contributed by atoms with van der Waals surface area (Å²) in [6, 6.07) is 14.9. The Morgan fingerprint density at radius 1 is 0.867 bits per heavy atom. The number of hydrogen-bond acceptors (Lipinski definition) is 3. The molecular formula is C21H13Cl5N2O2. The van der Waals surface area contributed by atoms with E-state index >= 15 is 0 Å². The molecule has 154 valence electrons. The summed E-state index contributed by atoms with van der Waals surface area (Å²) in [4.78, 5) is 12.0. The van der Waals surface area contributed by atoms with Crippen LogP contribution in [-0.2, 0) is 6.61 Å². The Morgan fingerprint density at radius 2 is 1.53 bits per heavy atom. The van der Waals surface area contributed by atoms with Crippen LogP contribution in [0.5, 0.6) is 5.75 Å². The highest BCUT2D eigenvalue weighted by atomic mass is 35.5. The minimum Gasteiger partial charge on any atom is -0.486 e. The molecular weight excluding hydrogens is 490 g/mol. The zero-order valence-electron chi connectivity index (χ0n) is 15.1. The van der Waals surface area contributed by atoms with Crippen molar-refractivity contribution in [1.82, 2.24) is 5.43 Å². The normalized spacial score (nSPS) is 11.0. The van der Waals surface area contributed by atoms with Crippen molar-refractivity contribution in [3.05, 3.63) is 96.4 Å². The van der Waals surface area contributed by atoms with Crippen molar-refractivity contribution in [2.75, 3.05) is 0 Å². The Labute approximate surface area is 198 Å². The van der Waals surface area contributed by atoms with Crippen molar-refractivity contribution in [3.8, 4) is 5.75 Å². The molecule has 0 spiro atoms. The van der Waals surface area contributed by atoms with Gasteiger partial charge in [-0.2, -0.15) is 5.10 Å². The fourth-order valence-corrected chi connectivity index (χ4v) is 3.47. The molecule has 0 radical (unpaired) electrons. The largest absolute Gasteiger partial charge is 0.486 e. The third kappa shape index (κ3) is 6.03. The van der Waals surface area contributed by atoms with Crippen LogP contribution < -0.4 is 10.2 Å². The summed E-state index contributed by atoms with van der Waals surface area (Å²) in [6.45, 7) is 0.209. The topological polar surface area (TPSA) is 50.7 Å². The molecule has 9 heteroatoms. The Morgan fingerprint density at radius 3 is 2.17 bits per heavy atom. The van der Waals surface area contributed by atoms with Gasteiger partial charge in [0.15, 0.2) is 5.75 Å². The summed E-state index contributed by atoms with van der Waals surface area (Å²) in [6.07, 6.45) is 1.42. The Kier molecular flexibility index (Phi) is 7.87. The summed E-state index contributed by atoms with van der Waals surface area (Å²) < 4.78 is 5.72. The van der Waals surface area contributed by atoms with Crippen LogP contribution in [0.15, 0.2) is 59.7 Å². The van der Waals surface area contributed by atoms with Crippen molar-refractivity contribution in [2.24, 2.45) is 5.10 Å². The monoisotopic (exact) mass is 500 g/mol. The zero-order chi connectivity index (χ0) is 21.7. The van der Waals surface area contributed by atoms with Gasteiger partial charge in [-0.05, 0) is 59.7 Å². The van der Waals surface area contributed by atoms with Crippen LogP contribution >= 0.6 is 58.0 Å². The van der Waals surface area contributed by atoms with E-state index in [0.717, 1.165) is 5.56 Å². The standard InChI is InChI=1S/C21H13Cl5N2O2/c22-15-4-2-14(3-5-15)21(29)28-27-10-13-8-18(25)20(19(26)9-13)30-11-12-1-6-16(23)17(24)7-12/h1-10H,11H2,(H,28,29)/b27-10-. The summed E-state index contributed by atoms with van der Waals surface area (Å²) in [5.74, 6) is -0.0477. The van der Waals surface area contributed by atoms with Crippen molar-refractivity contribution >= 4 is 70.1 Å². The molecule has 0 saturated carbocycles. The van der Waals surface area contributed by atoms with Gasteiger partial charge in [-0.3, -0.25) is 4.79 Å². The molecule has 0 bridgehead atoms. The molecule has 3 rings (SSSR count). The molecule has 0 heterocycles. The van der Waals surface area contributed by atoms with Gasteiger partial charge in [-0.15, -0.1) is 0 Å². The SMILES string of the molecule is O=C(N/N=C\c1cc(Cl)c(OCc2ccc(Cl)c(Cl)c2)c(Cl)c1)c1ccc(Cl)cc1. The maximum absolute atomic E-state index is 12.0. The Hall–Kier alpha value is -1.95. The molecule has 0 fully saturated rings. The van der Waals surface area contributed by atoms with Crippen LogP contribution in [-0.4, -0.2) is 12.1 Å². The highest BCUT2D eigenvalue weighted by Gasteiger charge is 2.11. The van der Waals surface area contributed by atoms with Gasteiger partial charge in [-0.25, -0.2) is 5.43 Å². The molecule has 4 nitrogen and oxygen atoms in total. The highest BCUT2D eigenvalue weighted by molar-refractivity contribution is 6.42. The quantitative estimate of drug-likeness (QED) is 0.284. The van der Waals surface area contributed by atoms with Crippen LogP contribution in [0.3, 0.4) is 0 Å². The lowest BCUT2D eigenvalue weighted by atomic mass is 10.2. The number of carbonyl (C=O) groups excluding carboxylic acids is 1. The molecule has 1 amide bonds. The minimum atomic E-state index is -0.373. The van der Waals surface area contributed by atoms with E-state index in [9.17, 15) is 4.79 Å². The number of nitrogens with zero attached hydrogens (tertiary/aromatic N) is 1. The maximum Gasteiger partial charge on any atom is 0.271 e. The number of hydrazone groups is 1. The summed E-state index contributed by atoms with van der Waals surface area (Å²) in [5.41, 5.74) is 4.25. The lowest BCUT2D eigenvalue weighted by Crippen LogP contribution is -2.17. The molecule has 1 N–H and O–H groups in total. The predicted octanol–water partition coefficient (Wildman–Crippen LogP) is 7.30. The maximum atomic E-state index is 12.0. The number of amides is 1. The van der Waals surface area contributed by atoms with Gasteiger partial charge in [-0.1, -0.05) is 64.1 Å². The second kappa shape index (κ2) is 10.4. The molecule has 3 aromatic rings. The minimum absolute atomic E-state index is 0.209. The van der Waals surface area contributed by atoms with Crippen molar-refractivity contribution in [1.29, 1.82) is 0 Å². The number of nitrogens with one attached hydrogen (secondary N) is 1. The number of ether oxygens (including phenoxy) is 1. The van der Waals surface area contributed by atoms with Crippen molar-refractivity contribution < 1.29 is 9.53 Å². The highest BCUT2D eigenvalue weighted by Crippen LogP contribution is 2.34. The number of benzene rings is 3.